The fraction of sp³-hybridized carbons (Fsp3) is 0.526. The van der Waals surface area contributed by atoms with E-state index in [-0.39, 0.29) is 12.1 Å². The Morgan fingerprint density at radius 3 is 3.00 bits per heavy atom. The van der Waals surface area contributed by atoms with Crippen LogP contribution in [-0.2, 0) is 13.1 Å². The van der Waals surface area contributed by atoms with Crippen molar-refractivity contribution in [3.8, 4) is 11.5 Å². The number of benzene rings is 1. The molecule has 26 heavy (non-hydrogen) atoms. The molecule has 1 unspecified atom stereocenters. The van der Waals surface area contributed by atoms with Crippen molar-refractivity contribution < 1.29 is 14.6 Å². The Morgan fingerprint density at radius 2 is 2.15 bits per heavy atom. The number of hydrogen-bond acceptors (Lipinski definition) is 5. The zero-order chi connectivity index (χ0) is 17.9. The van der Waals surface area contributed by atoms with E-state index in [1.54, 1.807) is 6.20 Å². The quantitative estimate of drug-likeness (QED) is 0.838. The largest absolute Gasteiger partial charge is 0.490 e. The Bertz CT molecular complexity index is 751. The molecule has 1 aliphatic carbocycles. The smallest absolute Gasteiger partial charge is 0.165 e. The third-order valence-corrected chi connectivity index (χ3v) is 5.28. The Kier molecular flexibility index (Phi) is 5.33. The molecule has 1 aromatic carbocycles. The first-order chi connectivity index (χ1) is 12.7. The number of ether oxygens (including phenoxy) is 2. The molecule has 0 saturated heterocycles. The maximum Gasteiger partial charge on any atom is 0.165 e. The number of para-hydroxylation sites is 1. The predicted molar refractivity (Wildman–Crippen MR) is 98.6 cm³/mol. The topological polar surface area (TPSA) is 68.5 Å². The van der Waals surface area contributed by atoms with E-state index in [0.29, 0.717) is 30.7 Å². The number of aliphatic hydroxyl groups is 1. The van der Waals surface area contributed by atoms with Crippen molar-refractivity contribution in [1.82, 2.24) is 15.1 Å². The van der Waals surface area contributed by atoms with Crippen molar-refractivity contribution in [2.24, 2.45) is 5.92 Å². The molecule has 2 heterocycles. The van der Waals surface area contributed by atoms with Gasteiger partial charge in [0.05, 0.1) is 30.5 Å². The molecule has 6 nitrogen and oxygen atoms in total. The maximum absolute atomic E-state index is 10.4. The summed E-state index contributed by atoms with van der Waals surface area (Å²) < 4.78 is 13.5. The molecule has 1 fully saturated rings. The molecule has 2 aromatic rings. The average Bonchev–Trinajstić information content (AvgIpc) is 3.09. The second kappa shape index (κ2) is 7.86. The highest BCUT2D eigenvalue weighted by Gasteiger charge is 2.33. The van der Waals surface area contributed by atoms with Gasteiger partial charge in [0.15, 0.2) is 11.5 Å². The summed E-state index contributed by atoms with van der Waals surface area (Å²) in [6.07, 6.45) is 5.68. The van der Waals surface area contributed by atoms with Gasteiger partial charge in [-0.25, -0.2) is 0 Å². The number of aromatic nitrogens is 2. The van der Waals surface area contributed by atoms with Gasteiger partial charge in [-0.05, 0) is 24.8 Å². The molecular formula is C19H24ClN3O3. The van der Waals surface area contributed by atoms with Crippen LogP contribution in [0.5, 0.6) is 11.5 Å². The van der Waals surface area contributed by atoms with Crippen molar-refractivity contribution in [2.45, 2.75) is 44.5 Å². The lowest BCUT2D eigenvalue weighted by atomic mass is 10.1. The first-order valence-electron chi connectivity index (χ1n) is 9.16. The molecule has 4 rings (SSSR count). The van der Waals surface area contributed by atoms with Crippen LogP contribution in [0.4, 0.5) is 0 Å². The minimum absolute atomic E-state index is 0.0635. The number of nitrogens with zero attached hydrogens (tertiary/aromatic N) is 2. The minimum atomic E-state index is -0.356. The van der Waals surface area contributed by atoms with Crippen LogP contribution >= 0.6 is 11.6 Å². The molecule has 1 saturated carbocycles. The standard InChI is InChI=1S/C19H24ClN3O3/c20-15-10-22-23(12-15)11-13-7-16(17(24)8-13)21-9-14-3-1-4-18-19(14)26-6-2-5-25-18/h1,3-4,10,12-13,16-17,21,24H,2,5-9,11H2/t13?,16-,17-/m1/s1. The summed E-state index contributed by atoms with van der Waals surface area (Å²) in [4.78, 5) is 0. The van der Waals surface area contributed by atoms with Crippen LogP contribution in [0.25, 0.3) is 0 Å². The van der Waals surface area contributed by atoms with Crippen LogP contribution in [-0.4, -0.2) is 40.2 Å². The van der Waals surface area contributed by atoms with E-state index in [4.69, 9.17) is 21.1 Å². The van der Waals surface area contributed by atoms with Gasteiger partial charge in [0, 0.05) is 37.3 Å². The highest BCUT2D eigenvalue weighted by molar-refractivity contribution is 6.30. The van der Waals surface area contributed by atoms with E-state index >= 15 is 0 Å². The lowest BCUT2D eigenvalue weighted by molar-refractivity contribution is 0.145. The summed E-state index contributed by atoms with van der Waals surface area (Å²) in [6.45, 7) is 2.78. The first kappa shape index (κ1) is 17.6. The Labute approximate surface area is 158 Å². The summed E-state index contributed by atoms with van der Waals surface area (Å²) >= 11 is 5.92. The number of hydrogen-bond donors (Lipinski definition) is 2. The van der Waals surface area contributed by atoms with Crippen molar-refractivity contribution in [1.29, 1.82) is 0 Å². The normalized spacial score (nSPS) is 25.2. The molecule has 0 radical (unpaired) electrons. The second-order valence-electron chi connectivity index (χ2n) is 7.07. The van der Waals surface area contributed by atoms with Gasteiger partial charge in [-0.1, -0.05) is 23.7 Å². The van der Waals surface area contributed by atoms with Gasteiger partial charge in [-0.15, -0.1) is 0 Å². The van der Waals surface area contributed by atoms with Gasteiger partial charge in [-0.2, -0.15) is 5.10 Å². The molecule has 140 valence electrons. The van der Waals surface area contributed by atoms with Crippen LogP contribution in [0.15, 0.2) is 30.6 Å². The lowest BCUT2D eigenvalue weighted by Crippen LogP contribution is -2.35. The predicted octanol–water partition coefficient (Wildman–Crippen LogP) is 2.63. The van der Waals surface area contributed by atoms with E-state index in [0.717, 1.165) is 42.9 Å². The molecule has 2 N–H and O–H groups in total. The van der Waals surface area contributed by atoms with Crippen molar-refractivity contribution in [3.05, 3.63) is 41.2 Å². The first-order valence-corrected chi connectivity index (χ1v) is 9.54. The number of fused-ring (bicyclic) bond motifs is 1. The number of aliphatic hydroxyl groups excluding tert-OH is 1. The average molecular weight is 378 g/mol. The summed E-state index contributed by atoms with van der Waals surface area (Å²) in [5.74, 6) is 2.01. The second-order valence-corrected chi connectivity index (χ2v) is 7.50. The van der Waals surface area contributed by atoms with Gasteiger partial charge in [0.2, 0.25) is 0 Å². The number of nitrogens with one attached hydrogen (secondary N) is 1. The zero-order valence-electron chi connectivity index (χ0n) is 14.6. The van der Waals surface area contributed by atoms with Crippen LogP contribution < -0.4 is 14.8 Å². The van der Waals surface area contributed by atoms with E-state index < -0.39 is 0 Å². The maximum atomic E-state index is 10.4. The molecule has 0 spiro atoms. The molecule has 1 aromatic heterocycles. The van der Waals surface area contributed by atoms with Crippen molar-refractivity contribution in [2.75, 3.05) is 13.2 Å². The van der Waals surface area contributed by atoms with Crippen LogP contribution in [0.1, 0.15) is 24.8 Å². The zero-order valence-corrected chi connectivity index (χ0v) is 15.4. The van der Waals surface area contributed by atoms with Crippen LogP contribution in [0.2, 0.25) is 5.02 Å². The van der Waals surface area contributed by atoms with Gasteiger partial charge in [0.1, 0.15) is 0 Å². The van der Waals surface area contributed by atoms with Crippen molar-refractivity contribution in [3.63, 3.8) is 0 Å². The van der Waals surface area contributed by atoms with E-state index in [1.807, 2.05) is 29.1 Å². The highest BCUT2D eigenvalue weighted by atomic mass is 35.5. The monoisotopic (exact) mass is 377 g/mol. The van der Waals surface area contributed by atoms with Crippen molar-refractivity contribution >= 4 is 11.6 Å². The molecule has 0 bridgehead atoms. The van der Waals surface area contributed by atoms with E-state index in [2.05, 4.69) is 10.4 Å². The number of rotatable bonds is 5. The Balaban J connectivity index is 1.36. The number of halogens is 1. The third kappa shape index (κ3) is 3.98. The van der Waals surface area contributed by atoms with Crippen LogP contribution in [0, 0.1) is 5.92 Å². The highest BCUT2D eigenvalue weighted by Crippen LogP contribution is 2.34. The van der Waals surface area contributed by atoms with Gasteiger partial charge >= 0.3 is 0 Å². The molecule has 0 amide bonds. The SMILES string of the molecule is O[C@@H]1CC(Cn2cc(Cl)cn2)C[C@H]1NCc1cccc2c1OCCCO2. The molecular weight excluding hydrogens is 354 g/mol. The van der Waals surface area contributed by atoms with E-state index in [9.17, 15) is 5.11 Å². The molecule has 2 aliphatic rings. The van der Waals surface area contributed by atoms with Crippen LogP contribution in [0.3, 0.4) is 0 Å². The molecule has 1 aliphatic heterocycles. The summed E-state index contributed by atoms with van der Waals surface area (Å²) in [7, 11) is 0. The Hall–Kier alpha value is -1.76. The Morgan fingerprint density at radius 1 is 1.27 bits per heavy atom. The van der Waals surface area contributed by atoms with Gasteiger partial charge < -0.3 is 19.9 Å². The summed E-state index contributed by atoms with van der Waals surface area (Å²) in [6, 6.07) is 6.04. The summed E-state index contributed by atoms with van der Waals surface area (Å²) in [5.41, 5.74) is 1.07. The van der Waals surface area contributed by atoms with Gasteiger partial charge in [0.25, 0.3) is 0 Å². The third-order valence-electron chi connectivity index (χ3n) is 5.08. The summed E-state index contributed by atoms with van der Waals surface area (Å²) in [5, 5.41) is 18.8. The lowest BCUT2D eigenvalue weighted by Gasteiger charge is -2.18. The fourth-order valence-electron chi connectivity index (χ4n) is 3.82. The fourth-order valence-corrected chi connectivity index (χ4v) is 3.98. The van der Waals surface area contributed by atoms with Gasteiger partial charge in [-0.3, -0.25) is 4.68 Å². The van der Waals surface area contributed by atoms with E-state index in [1.165, 1.54) is 0 Å². The molecule has 3 atom stereocenters. The minimum Gasteiger partial charge on any atom is -0.490 e. The molecule has 7 heteroatoms.